The van der Waals surface area contributed by atoms with Gasteiger partial charge in [-0.15, -0.1) is 23.1 Å². The number of benzene rings is 1. The van der Waals surface area contributed by atoms with Gasteiger partial charge in [-0.1, -0.05) is 13.8 Å². The first kappa shape index (κ1) is 20.9. The van der Waals surface area contributed by atoms with E-state index in [9.17, 15) is 9.59 Å². The van der Waals surface area contributed by atoms with Gasteiger partial charge in [-0.2, -0.15) is 0 Å². The van der Waals surface area contributed by atoms with Crippen LogP contribution in [0.2, 0.25) is 0 Å². The predicted octanol–water partition coefficient (Wildman–Crippen LogP) is 3.25. The second kappa shape index (κ2) is 9.58. The standard InChI is InChI=1S/C21H26N2O3S2/c1-4-11-23-12-10-16-17(13-23)28-20(18(16)21(25)26-3)22-19(24)14-6-8-15(9-7-14)27-5-2/h6-9H,4-5,10-13H2,1-3H3,(H,22,24)/p+1. The average Bonchev–Trinajstić information content (AvgIpc) is 3.05. The van der Waals surface area contributed by atoms with Crippen LogP contribution in [-0.2, 0) is 17.7 Å². The van der Waals surface area contributed by atoms with Crippen LogP contribution < -0.4 is 10.2 Å². The van der Waals surface area contributed by atoms with Gasteiger partial charge in [-0.3, -0.25) is 4.79 Å². The van der Waals surface area contributed by atoms with E-state index < -0.39 is 0 Å². The van der Waals surface area contributed by atoms with Crippen LogP contribution in [0.15, 0.2) is 29.2 Å². The number of thiophene rings is 1. The van der Waals surface area contributed by atoms with Gasteiger partial charge in [-0.05, 0) is 42.0 Å². The summed E-state index contributed by atoms with van der Waals surface area (Å²) in [6, 6.07) is 7.56. The molecule has 0 spiro atoms. The highest BCUT2D eigenvalue weighted by molar-refractivity contribution is 7.99. The second-order valence-corrected chi connectivity index (χ2v) is 9.23. The average molecular weight is 420 g/mol. The topological polar surface area (TPSA) is 59.8 Å². The van der Waals surface area contributed by atoms with Gasteiger partial charge in [0, 0.05) is 16.9 Å². The van der Waals surface area contributed by atoms with E-state index in [-0.39, 0.29) is 11.9 Å². The lowest BCUT2D eigenvalue weighted by Gasteiger charge is -2.23. The number of amides is 1. The minimum atomic E-state index is -0.374. The van der Waals surface area contributed by atoms with Crippen LogP contribution in [0.25, 0.3) is 0 Å². The van der Waals surface area contributed by atoms with Crippen molar-refractivity contribution >= 4 is 40.0 Å². The maximum absolute atomic E-state index is 12.8. The zero-order valence-electron chi connectivity index (χ0n) is 16.6. The Morgan fingerprint density at radius 3 is 2.64 bits per heavy atom. The third-order valence-corrected chi connectivity index (χ3v) is 6.92. The molecule has 0 fully saturated rings. The minimum Gasteiger partial charge on any atom is -0.465 e. The summed E-state index contributed by atoms with van der Waals surface area (Å²) >= 11 is 3.25. The maximum Gasteiger partial charge on any atom is 0.341 e. The third-order valence-electron chi connectivity index (χ3n) is 4.88. The molecule has 3 rings (SSSR count). The molecule has 0 bridgehead atoms. The van der Waals surface area contributed by atoms with E-state index in [2.05, 4.69) is 19.2 Å². The van der Waals surface area contributed by atoms with Gasteiger partial charge in [0.2, 0.25) is 0 Å². The smallest absolute Gasteiger partial charge is 0.341 e. The number of thioether (sulfide) groups is 1. The Bertz CT molecular complexity index is 846. The first-order valence-electron chi connectivity index (χ1n) is 9.68. The summed E-state index contributed by atoms with van der Waals surface area (Å²) in [4.78, 5) is 29.0. The van der Waals surface area contributed by atoms with Crippen molar-refractivity contribution in [1.29, 1.82) is 0 Å². The lowest BCUT2D eigenvalue weighted by atomic mass is 10.0. The van der Waals surface area contributed by atoms with Crippen molar-refractivity contribution in [3.8, 4) is 0 Å². The summed E-state index contributed by atoms with van der Waals surface area (Å²) in [6.07, 6.45) is 1.97. The molecule has 5 nitrogen and oxygen atoms in total. The van der Waals surface area contributed by atoms with Crippen molar-refractivity contribution in [1.82, 2.24) is 0 Å². The molecule has 2 heterocycles. The van der Waals surface area contributed by atoms with Gasteiger partial charge < -0.3 is 15.0 Å². The number of ether oxygens (including phenoxy) is 1. The van der Waals surface area contributed by atoms with Crippen LogP contribution in [0.5, 0.6) is 0 Å². The number of methoxy groups -OCH3 is 1. The second-order valence-electron chi connectivity index (χ2n) is 6.79. The number of rotatable bonds is 7. The van der Waals surface area contributed by atoms with Crippen LogP contribution in [0.4, 0.5) is 5.00 Å². The zero-order chi connectivity index (χ0) is 20.1. The Morgan fingerprint density at radius 2 is 2.00 bits per heavy atom. The van der Waals surface area contributed by atoms with E-state index in [1.54, 1.807) is 11.8 Å². The van der Waals surface area contributed by atoms with Gasteiger partial charge in [0.15, 0.2) is 0 Å². The van der Waals surface area contributed by atoms with Gasteiger partial charge >= 0.3 is 5.97 Å². The summed E-state index contributed by atoms with van der Waals surface area (Å²) in [5.74, 6) is 0.419. The monoisotopic (exact) mass is 419 g/mol. The summed E-state index contributed by atoms with van der Waals surface area (Å²) < 4.78 is 5.01. The van der Waals surface area contributed by atoms with Crippen molar-refractivity contribution in [3.63, 3.8) is 0 Å². The molecule has 1 amide bonds. The van der Waals surface area contributed by atoms with Gasteiger partial charge in [0.1, 0.15) is 11.5 Å². The number of fused-ring (bicyclic) bond motifs is 1. The summed E-state index contributed by atoms with van der Waals surface area (Å²) in [5.41, 5.74) is 2.16. The van der Waals surface area contributed by atoms with Crippen molar-refractivity contribution in [2.45, 2.75) is 38.1 Å². The molecule has 0 saturated heterocycles. The van der Waals surface area contributed by atoms with Crippen molar-refractivity contribution < 1.29 is 19.2 Å². The van der Waals surface area contributed by atoms with Gasteiger partial charge in [0.05, 0.1) is 30.6 Å². The fraction of sp³-hybridized carbons (Fsp3) is 0.429. The fourth-order valence-electron chi connectivity index (χ4n) is 3.55. The van der Waals surface area contributed by atoms with E-state index in [0.717, 1.165) is 48.7 Å². The van der Waals surface area contributed by atoms with Crippen LogP contribution in [0.1, 0.15) is 51.4 Å². The SMILES string of the molecule is CCC[NH+]1CCc2c(sc(NC(=O)c3ccc(SCC)cc3)c2C(=O)OC)C1. The molecule has 2 aromatic rings. The Hall–Kier alpha value is -1.83. The van der Waals surface area contributed by atoms with Crippen LogP contribution in [0, 0.1) is 0 Å². The lowest BCUT2D eigenvalue weighted by molar-refractivity contribution is -0.915. The first-order valence-corrected chi connectivity index (χ1v) is 11.5. The van der Waals surface area contributed by atoms with E-state index in [4.69, 9.17) is 4.74 Å². The Kier molecular flexibility index (Phi) is 7.15. The predicted molar refractivity (Wildman–Crippen MR) is 115 cm³/mol. The fourth-order valence-corrected chi connectivity index (χ4v) is 5.52. The van der Waals surface area contributed by atoms with Crippen molar-refractivity contribution in [2.24, 2.45) is 0 Å². The summed E-state index contributed by atoms with van der Waals surface area (Å²) in [6.45, 7) is 7.31. The quantitative estimate of drug-likeness (QED) is 0.534. The number of anilines is 1. The minimum absolute atomic E-state index is 0.199. The molecule has 1 atom stereocenters. The number of quaternary nitrogens is 1. The van der Waals surface area contributed by atoms with E-state index in [0.29, 0.717) is 16.1 Å². The van der Waals surface area contributed by atoms with Crippen LogP contribution in [0.3, 0.4) is 0 Å². The number of hydrogen-bond acceptors (Lipinski definition) is 5. The molecule has 7 heteroatoms. The number of carbonyl (C=O) groups is 2. The number of hydrogen-bond donors (Lipinski definition) is 2. The molecule has 1 aromatic carbocycles. The highest BCUT2D eigenvalue weighted by Crippen LogP contribution is 2.35. The number of nitrogens with one attached hydrogen (secondary N) is 2. The van der Waals surface area contributed by atoms with Crippen LogP contribution >= 0.6 is 23.1 Å². The molecular weight excluding hydrogens is 392 g/mol. The van der Waals surface area contributed by atoms with E-state index in [1.807, 2.05) is 24.3 Å². The van der Waals surface area contributed by atoms with E-state index >= 15 is 0 Å². The molecule has 150 valence electrons. The highest BCUT2D eigenvalue weighted by Gasteiger charge is 2.30. The Balaban J connectivity index is 1.84. The number of carbonyl (C=O) groups excluding carboxylic acids is 2. The zero-order valence-corrected chi connectivity index (χ0v) is 18.2. The molecule has 1 aliphatic heterocycles. The molecule has 1 aliphatic rings. The lowest BCUT2D eigenvalue weighted by Crippen LogP contribution is -3.11. The normalized spacial score (nSPS) is 15.8. The first-order chi connectivity index (χ1) is 13.6. The molecule has 1 unspecified atom stereocenters. The molecule has 0 aliphatic carbocycles. The summed E-state index contributed by atoms with van der Waals surface area (Å²) in [7, 11) is 1.39. The molecule has 28 heavy (non-hydrogen) atoms. The number of esters is 1. The molecule has 0 saturated carbocycles. The third kappa shape index (κ3) is 4.59. The molecule has 2 N–H and O–H groups in total. The molecule has 1 aromatic heterocycles. The molecular formula is C21H27N2O3S2+. The maximum atomic E-state index is 12.8. The van der Waals surface area contributed by atoms with Crippen molar-refractivity contribution in [2.75, 3.05) is 31.3 Å². The molecule has 0 radical (unpaired) electrons. The summed E-state index contributed by atoms with van der Waals surface area (Å²) in [5, 5.41) is 3.56. The Labute approximate surface area is 174 Å². The highest BCUT2D eigenvalue weighted by atomic mass is 32.2. The van der Waals surface area contributed by atoms with Crippen LogP contribution in [-0.4, -0.2) is 37.8 Å². The van der Waals surface area contributed by atoms with Gasteiger partial charge in [-0.25, -0.2) is 4.79 Å². The van der Waals surface area contributed by atoms with E-state index in [1.165, 1.54) is 28.2 Å². The Morgan fingerprint density at radius 1 is 1.25 bits per heavy atom. The largest absolute Gasteiger partial charge is 0.465 e. The van der Waals surface area contributed by atoms with Gasteiger partial charge in [0.25, 0.3) is 5.91 Å². The van der Waals surface area contributed by atoms with Crippen molar-refractivity contribution in [3.05, 3.63) is 45.8 Å².